The molecule has 6 aliphatic rings. The predicted octanol–water partition coefficient (Wildman–Crippen LogP) is 4.66. The number of anilines is 1. The van der Waals surface area contributed by atoms with Crippen LogP contribution < -0.4 is 5.32 Å². The number of aromatic nitrogens is 2. The van der Waals surface area contributed by atoms with Gasteiger partial charge < -0.3 is 10.1 Å². The third-order valence-corrected chi connectivity index (χ3v) is 8.69. The number of hydrogen-bond acceptors (Lipinski definition) is 9. The van der Waals surface area contributed by atoms with Gasteiger partial charge in [-0.1, -0.05) is 0 Å². The van der Waals surface area contributed by atoms with Crippen LogP contribution in [-0.4, -0.2) is 28.4 Å². The molecule has 1 saturated heterocycles. The standard InChI is InChI=1S/C22H26N4O5/c27-24-18-2-1-17(19-20(18)26-31-25-19)23-11-12-3-5-21(6-4-12)28-22(30-29-21)15-8-13-7-14(10-15)16(22)9-13/h1-2,12-16,23H,3-11H2. The molecule has 5 aliphatic carbocycles. The number of nitroso groups, excluding NO2 is 1. The molecule has 1 aromatic carbocycles. The molecule has 164 valence electrons. The molecule has 0 amide bonds. The van der Waals surface area contributed by atoms with Gasteiger partial charge in [-0.25, -0.2) is 4.63 Å². The zero-order chi connectivity index (χ0) is 20.6. The van der Waals surface area contributed by atoms with Crippen molar-refractivity contribution < 1.29 is 19.1 Å². The maximum atomic E-state index is 10.9. The van der Waals surface area contributed by atoms with E-state index in [0.29, 0.717) is 28.8 Å². The van der Waals surface area contributed by atoms with Crippen LogP contribution in [0.4, 0.5) is 11.4 Å². The second-order valence-corrected chi connectivity index (χ2v) is 10.3. The van der Waals surface area contributed by atoms with Crippen LogP contribution in [0.15, 0.2) is 21.9 Å². The van der Waals surface area contributed by atoms with Gasteiger partial charge in [-0.15, -0.1) is 4.91 Å². The van der Waals surface area contributed by atoms with Crippen molar-refractivity contribution in [1.29, 1.82) is 0 Å². The number of nitrogens with zero attached hydrogens (tertiary/aromatic N) is 3. The summed E-state index contributed by atoms with van der Waals surface area (Å²) in [5.41, 5.74) is 1.96. The van der Waals surface area contributed by atoms with Crippen molar-refractivity contribution in [2.75, 3.05) is 11.9 Å². The van der Waals surface area contributed by atoms with Crippen LogP contribution >= 0.6 is 0 Å². The van der Waals surface area contributed by atoms with Gasteiger partial charge in [-0.05, 0) is 83.9 Å². The van der Waals surface area contributed by atoms with Gasteiger partial charge >= 0.3 is 0 Å². The number of nitrogens with one attached hydrogen (secondary N) is 1. The number of rotatable bonds is 4. The maximum absolute atomic E-state index is 10.9. The lowest BCUT2D eigenvalue weighted by Crippen LogP contribution is -2.47. The Morgan fingerprint density at radius 2 is 1.94 bits per heavy atom. The van der Waals surface area contributed by atoms with E-state index in [1.54, 1.807) is 12.1 Å². The van der Waals surface area contributed by atoms with Gasteiger partial charge in [0.2, 0.25) is 11.6 Å². The first-order valence-electron chi connectivity index (χ1n) is 11.6. The first-order chi connectivity index (χ1) is 15.2. The highest BCUT2D eigenvalue weighted by molar-refractivity contribution is 5.94. The Hall–Kier alpha value is -2.10. The summed E-state index contributed by atoms with van der Waals surface area (Å²) in [5.74, 6) is 2.14. The molecule has 9 heteroatoms. The van der Waals surface area contributed by atoms with E-state index in [1.165, 1.54) is 25.7 Å². The second-order valence-electron chi connectivity index (χ2n) is 10.3. The van der Waals surface area contributed by atoms with Crippen LogP contribution in [0.5, 0.6) is 0 Å². The van der Waals surface area contributed by atoms with E-state index in [1.807, 2.05) is 0 Å². The minimum atomic E-state index is -0.570. The fourth-order valence-corrected chi connectivity index (χ4v) is 7.27. The highest BCUT2D eigenvalue weighted by Crippen LogP contribution is 2.67. The second kappa shape index (κ2) is 6.46. The molecular weight excluding hydrogens is 400 g/mol. The Morgan fingerprint density at radius 1 is 1.06 bits per heavy atom. The van der Waals surface area contributed by atoms with Crippen molar-refractivity contribution in [3.8, 4) is 0 Å². The van der Waals surface area contributed by atoms with Gasteiger partial charge in [0.25, 0.3) is 0 Å². The zero-order valence-electron chi connectivity index (χ0n) is 17.3. The van der Waals surface area contributed by atoms with Gasteiger partial charge in [0, 0.05) is 31.2 Å². The molecule has 5 unspecified atom stereocenters. The summed E-state index contributed by atoms with van der Waals surface area (Å²) in [5, 5.41) is 14.1. The molecule has 5 atom stereocenters. The summed E-state index contributed by atoms with van der Waals surface area (Å²) in [6, 6.07) is 3.44. The molecule has 2 aromatic rings. The molecule has 2 spiro atoms. The molecule has 1 N–H and O–H groups in total. The number of ether oxygens (including phenoxy) is 1. The fourth-order valence-electron chi connectivity index (χ4n) is 7.27. The van der Waals surface area contributed by atoms with Crippen LogP contribution in [0.2, 0.25) is 0 Å². The Labute approximate surface area is 179 Å². The molecule has 0 radical (unpaired) electrons. The summed E-state index contributed by atoms with van der Waals surface area (Å²) in [6.45, 7) is 0.799. The lowest BCUT2D eigenvalue weighted by Gasteiger charge is -2.40. The van der Waals surface area contributed by atoms with Crippen LogP contribution in [0.3, 0.4) is 0 Å². The fraction of sp³-hybridized carbons (Fsp3) is 0.727. The predicted molar refractivity (Wildman–Crippen MR) is 109 cm³/mol. The van der Waals surface area contributed by atoms with Crippen LogP contribution in [-0.2, 0) is 14.5 Å². The Bertz CT molecular complexity index is 1030. The van der Waals surface area contributed by atoms with Crippen molar-refractivity contribution >= 4 is 22.4 Å². The number of hydrogen-bond donors (Lipinski definition) is 1. The van der Waals surface area contributed by atoms with E-state index in [-0.39, 0.29) is 5.69 Å². The molecule has 6 fully saturated rings. The molecular formula is C22H26N4O5. The average Bonchev–Trinajstić information content (AvgIpc) is 3.53. The molecule has 31 heavy (non-hydrogen) atoms. The molecule has 8 rings (SSSR count). The van der Waals surface area contributed by atoms with E-state index in [9.17, 15) is 4.91 Å². The lowest BCUT2D eigenvalue weighted by molar-refractivity contribution is -0.370. The minimum absolute atomic E-state index is 0.236. The molecule has 4 bridgehead atoms. The minimum Gasteiger partial charge on any atom is -0.383 e. The summed E-state index contributed by atoms with van der Waals surface area (Å²) < 4.78 is 11.6. The van der Waals surface area contributed by atoms with Crippen molar-refractivity contribution in [2.45, 2.75) is 62.9 Å². The lowest BCUT2D eigenvalue weighted by atomic mass is 9.78. The van der Waals surface area contributed by atoms with Crippen LogP contribution in [0.25, 0.3) is 11.0 Å². The van der Waals surface area contributed by atoms with Crippen LogP contribution in [0, 0.1) is 34.5 Å². The van der Waals surface area contributed by atoms with Gasteiger partial charge in [-0.2, -0.15) is 9.78 Å². The number of benzene rings is 1. The Balaban J connectivity index is 1.00. The van der Waals surface area contributed by atoms with Crippen molar-refractivity contribution in [3.05, 3.63) is 17.0 Å². The normalized spacial score (nSPS) is 42.9. The smallest absolute Gasteiger partial charge is 0.210 e. The van der Waals surface area contributed by atoms with Crippen molar-refractivity contribution in [3.63, 3.8) is 0 Å². The third-order valence-electron chi connectivity index (χ3n) is 8.69. The first kappa shape index (κ1) is 18.5. The van der Waals surface area contributed by atoms with E-state index in [2.05, 4.69) is 20.8 Å². The monoisotopic (exact) mass is 426 g/mol. The van der Waals surface area contributed by atoms with E-state index in [4.69, 9.17) is 19.1 Å². The quantitative estimate of drug-likeness (QED) is 0.555. The van der Waals surface area contributed by atoms with E-state index < -0.39 is 11.6 Å². The molecule has 1 aliphatic heterocycles. The average molecular weight is 426 g/mol. The Kier molecular flexibility index (Phi) is 3.85. The highest BCUT2D eigenvalue weighted by Gasteiger charge is 2.70. The SMILES string of the molecule is O=Nc1ccc(NCC2CCC3(CC2)OOC2(O3)C3CC4CC(C3)C2C4)c2nonc12. The molecule has 2 heterocycles. The Morgan fingerprint density at radius 3 is 2.77 bits per heavy atom. The van der Waals surface area contributed by atoms with E-state index >= 15 is 0 Å². The van der Waals surface area contributed by atoms with Gasteiger partial charge in [0.1, 0.15) is 5.69 Å². The van der Waals surface area contributed by atoms with Gasteiger partial charge in [0.05, 0.1) is 5.69 Å². The first-order valence-corrected chi connectivity index (χ1v) is 11.6. The van der Waals surface area contributed by atoms with E-state index in [0.717, 1.165) is 49.8 Å². The van der Waals surface area contributed by atoms with Gasteiger partial charge in [0.15, 0.2) is 11.0 Å². The van der Waals surface area contributed by atoms with Gasteiger partial charge in [-0.3, -0.25) is 0 Å². The van der Waals surface area contributed by atoms with Crippen molar-refractivity contribution in [1.82, 2.24) is 10.3 Å². The van der Waals surface area contributed by atoms with Crippen molar-refractivity contribution in [2.24, 2.45) is 34.8 Å². The number of fused-ring (bicyclic) bond motifs is 1. The highest BCUT2D eigenvalue weighted by atomic mass is 17.3. The summed E-state index contributed by atoms with van der Waals surface area (Å²) in [6.07, 6.45) is 8.79. The largest absolute Gasteiger partial charge is 0.383 e. The molecule has 1 aromatic heterocycles. The molecule has 9 nitrogen and oxygen atoms in total. The zero-order valence-corrected chi connectivity index (χ0v) is 17.3. The summed E-state index contributed by atoms with van der Waals surface area (Å²) >= 11 is 0. The molecule has 5 saturated carbocycles. The third kappa shape index (κ3) is 2.60. The summed E-state index contributed by atoms with van der Waals surface area (Å²) in [4.78, 5) is 23.0. The topological polar surface area (TPSA) is 108 Å². The van der Waals surface area contributed by atoms with Crippen LogP contribution in [0.1, 0.15) is 51.4 Å². The maximum Gasteiger partial charge on any atom is 0.210 e. The summed E-state index contributed by atoms with van der Waals surface area (Å²) in [7, 11) is 0.